The van der Waals surface area contributed by atoms with Crippen molar-refractivity contribution in [1.29, 1.82) is 0 Å². The fourth-order valence-electron chi connectivity index (χ4n) is 4.44. The molecule has 0 aliphatic carbocycles. The van der Waals surface area contributed by atoms with Crippen LogP contribution in [0.25, 0.3) is 0 Å². The van der Waals surface area contributed by atoms with Crippen LogP contribution in [-0.2, 0) is 13.0 Å². The Morgan fingerprint density at radius 1 is 0.778 bits per heavy atom. The molecule has 2 aliphatic heterocycles. The van der Waals surface area contributed by atoms with Gasteiger partial charge in [0.1, 0.15) is 12.1 Å². The van der Waals surface area contributed by atoms with Crippen molar-refractivity contribution in [3.63, 3.8) is 0 Å². The van der Waals surface area contributed by atoms with Crippen molar-refractivity contribution in [3.8, 4) is 11.5 Å². The zero-order valence-corrected chi connectivity index (χ0v) is 19.8. The van der Waals surface area contributed by atoms with Gasteiger partial charge in [0.2, 0.25) is 17.8 Å². The molecule has 10 heteroatoms. The van der Waals surface area contributed by atoms with Gasteiger partial charge in [0, 0.05) is 38.4 Å². The van der Waals surface area contributed by atoms with Gasteiger partial charge in [-0.1, -0.05) is 24.3 Å². The van der Waals surface area contributed by atoms with Gasteiger partial charge in [-0.25, -0.2) is 19.9 Å². The van der Waals surface area contributed by atoms with Gasteiger partial charge in [-0.3, -0.25) is 0 Å². The molecule has 1 fully saturated rings. The molecule has 0 spiro atoms. The Morgan fingerprint density at radius 2 is 1.56 bits per heavy atom. The number of fused-ring (bicyclic) bond motifs is 1. The second-order valence-corrected chi connectivity index (χ2v) is 8.75. The average Bonchev–Trinajstić information content (AvgIpc) is 2.94. The van der Waals surface area contributed by atoms with Crippen molar-refractivity contribution in [3.05, 3.63) is 78.4 Å². The lowest BCUT2D eigenvalue weighted by molar-refractivity contribution is 0.477. The van der Waals surface area contributed by atoms with E-state index in [0.717, 1.165) is 57.1 Å². The highest BCUT2D eigenvalue weighted by Gasteiger charge is 2.21. The van der Waals surface area contributed by atoms with Crippen LogP contribution in [0.15, 0.2) is 67.3 Å². The number of anilines is 4. The number of nitrogens with one attached hydrogen (secondary N) is 2. The molecular formula is C26H27N9O. The highest BCUT2D eigenvalue weighted by Crippen LogP contribution is 2.23. The van der Waals surface area contributed by atoms with Crippen LogP contribution in [0.5, 0.6) is 11.5 Å². The highest BCUT2D eigenvalue weighted by molar-refractivity contribution is 5.57. The molecule has 0 radical (unpaired) electrons. The Bertz CT molecular complexity index is 1310. The lowest BCUT2D eigenvalue weighted by Crippen LogP contribution is -2.47. The number of hydrogen-bond acceptors (Lipinski definition) is 10. The van der Waals surface area contributed by atoms with Crippen LogP contribution in [0.1, 0.15) is 11.1 Å². The molecule has 182 valence electrons. The Hall–Kier alpha value is -4.31. The second kappa shape index (κ2) is 10.1. The monoisotopic (exact) mass is 481 g/mol. The number of hydrogen-bond donors (Lipinski definition) is 2. The molecule has 10 nitrogen and oxygen atoms in total. The van der Waals surface area contributed by atoms with Crippen LogP contribution < -0.4 is 25.2 Å². The molecule has 6 rings (SSSR count). The molecule has 36 heavy (non-hydrogen) atoms. The van der Waals surface area contributed by atoms with Gasteiger partial charge in [-0.15, -0.1) is 0 Å². The van der Waals surface area contributed by atoms with Crippen LogP contribution in [0.2, 0.25) is 0 Å². The van der Waals surface area contributed by atoms with Crippen LogP contribution >= 0.6 is 0 Å². The second-order valence-electron chi connectivity index (χ2n) is 8.75. The quantitative estimate of drug-likeness (QED) is 0.427. The zero-order chi connectivity index (χ0) is 24.2. The summed E-state index contributed by atoms with van der Waals surface area (Å²) in [5.41, 5.74) is 3.70. The first kappa shape index (κ1) is 22.2. The third-order valence-electron chi connectivity index (χ3n) is 6.35. The van der Waals surface area contributed by atoms with E-state index in [9.17, 15) is 0 Å². The summed E-state index contributed by atoms with van der Waals surface area (Å²) in [6.07, 6.45) is 6.05. The van der Waals surface area contributed by atoms with Crippen molar-refractivity contribution in [2.45, 2.75) is 13.0 Å². The normalized spacial score (nSPS) is 15.3. The first-order chi connectivity index (χ1) is 17.8. The van der Waals surface area contributed by atoms with E-state index in [0.29, 0.717) is 23.6 Å². The summed E-state index contributed by atoms with van der Waals surface area (Å²) in [5.74, 6) is 3.28. The van der Waals surface area contributed by atoms with E-state index in [-0.39, 0.29) is 0 Å². The maximum absolute atomic E-state index is 5.79. The summed E-state index contributed by atoms with van der Waals surface area (Å²) in [6, 6.07) is 16.1. The first-order valence-corrected chi connectivity index (χ1v) is 12.1. The van der Waals surface area contributed by atoms with Gasteiger partial charge in [0.15, 0.2) is 5.75 Å². The summed E-state index contributed by atoms with van der Waals surface area (Å²) in [7, 11) is 0. The van der Waals surface area contributed by atoms with Gasteiger partial charge in [0.05, 0.1) is 12.4 Å². The van der Waals surface area contributed by atoms with Gasteiger partial charge in [-0.05, 0) is 48.4 Å². The molecule has 2 aromatic heterocycles. The minimum absolute atomic E-state index is 0.545. The third kappa shape index (κ3) is 5.03. The Balaban J connectivity index is 1.06. The lowest BCUT2D eigenvalue weighted by Gasteiger charge is -2.34. The number of aromatic nitrogens is 5. The van der Waals surface area contributed by atoms with E-state index in [1.807, 2.05) is 30.3 Å². The Kier molecular flexibility index (Phi) is 6.24. The van der Waals surface area contributed by atoms with E-state index in [4.69, 9.17) is 4.74 Å². The van der Waals surface area contributed by atoms with Crippen LogP contribution in [-0.4, -0.2) is 57.6 Å². The molecule has 1 saturated heterocycles. The van der Waals surface area contributed by atoms with Crippen molar-refractivity contribution in [2.75, 3.05) is 47.8 Å². The largest absolute Gasteiger partial charge is 0.454 e. The smallest absolute Gasteiger partial charge is 0.231 e. The van der Waals surface area contributed by atoms with E-state index >= 15 is 0 Å². The SMILES string of the molecule is c1ccc(Oc2cnc(N3CCN(c4ncnc(Nc5ccc6c(c5)CNCC6)n4)CC3)nc2)cc1. The standard InChI is InChI=1S/C26H27N9O/c1-2-4-22(5-3-1)36-23-16-28-25(29-17-23)34-10-12-35(13-11-34)26-31-18-30-24(33-26)32-21-7-6-19-8-9-27-15-20(19)14-21/h1-7,14,16-18,27H,8-13,15H2,(H,30,31,32,33). The molecule has 2 N–H and O–H groups in total. The summed E-state index contributed by atoms with van der Waals surface area (Å²) in [4.78, 5) is 26.7. The lowest BCUT2D eigenvalue weighted by atomic mass is 10.0. The fraction of sp³-hybridized carbons (Fsp3) is 0.269. The maximum Gasteiger partial charge on any atom is 0.231 e. The van der Waals surface area contributed by atoms with E-state index < -0.39 is 0 Å². The van der Waals surface area contributed by atoms with Crippen molar-refractivity contribution in [2.24, 2.45) is 0 Å². The van der Waals surface area contributed by atoms with Gasteiger partial charge in [-0.2, -0.15) is 4.98 Å². The summed E-state index contributed by atoms with van der Waals surface area (Å²) in [5, 5.41) is 6.75. The number of rotatable bonds is 6. The van der Waals surface area contributed by atoms with Crippen molar-refractivity contribution >= 4 is 23.5 Å². The predicted octanol–water partition coefficient (Wildman–Crippen LogP) is 3.17. The molecule has 2 aromatic carbocycles. The zero-order valence-electron chi connectivity index (χ0n) is 19.8. The van der Waals surface area contributed by atoms with Gasteiger partial charge >= 0.3 is 0 Å². The number of piperazine rings is 1. The number of para-hydroxylation sites is 1. The number of benzene rings is 2. The molecule has 0 amide bonds. The number of ether oxygens (including phenoxy) is 1. The maximum atomic E-state index is 5.79. The molecule has 0 atom stereocenters. The summed E-state index contributed by atoms with van der Waals surface area (Å²) >= 11 is 0. The number of nitrogens with zero attached hydrogens (tertiary/aromatic N) is 7. The first-order valence-electron chi connectivity index (χ1n) is 12.1. The van der Waals surface area contributed by atoms with E-state index in [1.54, 1.807) is 18.7 Å². The predicted molar refractivity (Wildman–Crippen MR) is 138 cm³/mol. The topological polar surface area (TPSA) is 104 Å². The van der Waals surface area contributed by atoms with Crippen molar-refractivity contribution < 1.29 is 4.74 Å². The molecule has 2 aliphatic rings. The van der Waals surface area contributed by atoms with Gasteiger partial charge in [0.25, 0.3) is 0 Å². The minimum atomic E-state index is 0.545. The van der Waals surface area contributed by atoms with Crippen LogP contribution in [0.3, 0.4) is 0 Å². The molecule has 0 saturated carbocycles. The summed E-state index contributed by atoms with van der Waals surface area (Å²) in [6.45, 7) is 4.99. The fourth-order valence-corrected chi connectivity index (χ4v) is 4.44. The molecule has 0 unspecified atom stereocenters. The summed E-state index contributed by atoms with van der Waals surface area (Å²) < 4.78 is 5.79. The Morgan fingerprint density at radius 3 is 2.36 bits per heavy atom. The molecule has 0 bridgehead atoms. The van der Waals surface area contributed by atoms with E-state index in [1.165, 1.54) is 11.1 Å². The van der Waals surface area contributed by atoms with Gasteiger partial charge < -0.3 is 25.2 Å². The van der Waals surface area contributed by atoms with Crippen molar-refractivity contribution in [1.82, 2.24) is 30.2 Å². The Labute approximate surface area is 209 Å². The van der Waals surface area contributed by atoms with Crippen LogP contribution in [0.4, 0.5) is 23.5 Å². The third-order valence-corrected chi connectivity index (χ3v) is 6.35. The minimum Gasteiger partial charge on any atom is -0.454 e. The van der Waals surface area contributed by atoms with Crippen LogP contribution in [0, 0.1) is 0 Å². The van der Waals surface area contributed by atoms with E-state index in [2.05, 4.69) is 63.6 Å². The molecular weight excluding hydrogens is 454 g/mol. The molecule has 4 aromatic rings. The highest BCUT2D eigenvalue weighted by atomic mass is 16.5. The molecule has 4 heterocycles. The average molecular weight is 482 g/mol.